The summed E-state index contributed by atoms with van der Waals surface area (Å²) >= 11 is 0. The van der Waals surface area contributed by atoms with Crippen molar-refractivity contribution in [3.8, 4) is 23.0 Å². The Hall–Kier alpha value is -3.92. The lowest BCUT2D eigenvalue weighted by Gasteiger charge is -2.27. The van der Waals surface area contributed by atoms with Gasteiger partial charge in [0.25, 0.3) is 0 Å². The van der Waals surface area contributed by atoms with Gasteiger partial charge < -0.3 is 20.1 Å². The summed E-state index contributed by atoms with van der Waals surface area (Å²) in [5, 5.41) is 36.0. The van der Waals surface area contributed by atoms with Crippen LogP contribution in [0.25, 0.3) is 0 Å². The van der Waals surface area contributed by atoms with Crippen LogP contribution in [0.15, 0.2) is 48.5 Å². The summed E-state index contributed by atoms with van der Waals surface area (Å²) in [5.74, 6) is 1.50. The molecule has 0 atom stereocenters. The zero-order valence-electron chi connectivity index (χ0n) is 32.2. The number of benzene rings is 4. The second-order valence-corrected chi connectivity index (χ2v) is 18.5. The van der Waals surface area contributed by atoms with Crippen molar-refractivity contribution >= 4 is 0 Å². The molecular weight excluding hydrogens is 604 g/mol. The number of hydrogen-bond acceptors (Lipinski definition) is 4. The first-order valence-corrected chi connectivity index (χ1v) is 17.7. The van der Waals surface area contributed by atoms with Crippen LogP contribution in [-0.4, -0.2) is 22.4 Å². The molecule has 4 heteroatoms. The summed E-state index contributed by atoms with van der Waals surface area (Å²) in [6.45, 7) is 26.3. The SMILES string of the molecule is COc1c2cc(C(C)(C)C)cc1Cc1cc(C(C)(C)C)cc(c1O)Cc1cc(C(C)(C)C)cc(c1O)Cc1cc(C(C)(C)C)cc(c1O)C2. The summed E-state index contributed by atoms with van der Waals surface area (Å²) in [7, 11) is 1.72. The van der Waals surface area contributed by atoms with E-state index < -0.39 is 0 Å². The average molecular weight is 663 g/mol. The molecule has 0 radical (unpaired) electrons. The van der Waals surface area contributed by atoms with Crippen LogP contribution in [0.3, 0.4) is 0 Å². The highest BCUT2D eigenvalue weighted by Crippen LogP contribution is 2.43. The van der Waals surface area contributed by atoms with E-state index in [0.717, 1.165) is 66.9 Å². The first kappa shape index (κ1) is 36.4. The highest BCUT2D eigenvalue weighted by molar-refractivity contribution is 5.59. The first-order chi connectivity index (χ1) is 22.5. The summed E-state index contributed by atoms with van der Waals surface area (Å²) in [6, 6.07) is 17.1. The van der Waals surface area contributed by atoms with Crippen molar-refractivity contribution in [2.75, 3.05) is 7.11 Å². The molecule has 1 aliphatic carbocycles. The van der Waals surface area contributed by atoms with Crippen molar-refractivity contribution in [2.24, 2.45) is 0 Å². The highest BCUT2D eigenvalue weighted by atomic mass is 16.5. The van der Waals surface area contributed by atoms with Gasteiger partial charge in [0.05, 0.1) is 7.11 Å². The molecule has 0 spiro atoms. The Morgan fingerprint density at radius 1 is 0.367 bits per heavy atom. The van der Waals surface area contributed by atoms with Gasteiger partial charge in [0.2, 0.25) is 0 Å². The number of fused-ring (bicyclic) bond motifs is 8. The van der Waals surface area contributed by atoms with Crippen molar-refractivity contribution in [2.45, 2.75) is 130 Å². The number of hydrogen-bond donors (Lipinski definition) is 3. The maximum atomic E-state index is 12.0. The van der Waals surface area contributed by atoms with Crippen molar-refractivity contribution in [1.82, 2.24) is 0 Å². The van der Waals surface area contributed by atoms with E-state index in [0.29, 0.717) is 25.7 Å². The van der Waals surface area contributed by atoms with Gasteiger partial charge in [0.1, 0.15) is 23.0 Å². The third-order valence-electron chi connectivity index (χ3n) is 10.2. The second-order valence-electron chi connectivity index (χ2n) is 18.5. The molecule has 0 heterocycles. The number of rotatable bonds is 1. The minimum atomic E-state index is -0.178. The minimum Gasteiger partial charge on any atom is -0.507 e. The molecular formula is C45H58O4. The Bertz CT molecular complexity index is 1780. The molecule has 262 valence electrons. The third-order valence-corrected chi connectivity index (χ3v) is 10.2. The van der Waals surface area contributed by atoms with Crippen molar-refractivity contribution < 1.29 is 20.1 Å². The molecule has 5 rings (SSSR count). The topological polar surface area (TPSA) is 69.9 Å². The van der Waals surface area contributed by atoms with Crippen LogP contribution in [0.2, 0.25) is 0 Å². The minimum absolute atomic E-state index is 0.136. The van der Waals surface area contributed by atoms with Crippen LogP contribution >= 0.6 is 0 Å². The van der Waals surface area contributed by atoms with Crippen LogP contribution in [0.1, 0.15) is 150 Å². The smallest absolute Gasteiger partial charge is 0.125 e. The van der Waals surface area contributed by atoms with Crippen molar-refractivity contribution in [3.05, 3.63) is 115 Å². The van der Waals surface area contributed by atoms with Gasteiger partial charge in [0, 0.05) is 25.7 Å². The molecule has 4 nitrogen and oxygen atoms in total. The van der Waals surface area contributed by atoms with E-state index in [1.165, 1.54) is 5.56 Å². The maximum Gasteiger partial charge on any atom is 0.125 e. The average Bonchev–Trinajstić information content (AvgIpc) is 2.96. The van der Waals surface area contributed by atoms with Gasteiger partial charge in [-0.15, -0.1) is 0 Å². The fourth-order valence-electron chi connectivity index (χ4n) is 6.92. The molecule has 3 N–H and O–H groups in total. The molecule has 0 fully saturated rings. The van der Waals surface area contributed by atoms with Gasteiger partial charge >= 0.3 is 0 Å². The molecule has 4 aromatic carbocycles. The maximum absolute atomic E-state index is 12.0. The second kappa shape index (κ2) is 12.4. The Balaban J connectivity index is 1.91. The fraction of sp³-hybridized carbons (Fsp3) is 0.467. The lowest BCUT2D eigenvalue weighted by molar-refractivity contribution is 0.404. The summed E-state index contributed by atoms with van der Waals surface area (Å²) in [6.07, 6.45) is 1.69. The van der Waals surface area contributed by atoms with E-state index in [9.17, 15) is 15.3 Å². The van der Waals surface area contributed by atoms with Crippen LogP contribution in [0, 0.1) is 0 Å². The first-order valence-electron chi connectivity index (χ1n) is 17.7. The molecule has 0 unspecified atom stereocenters. The lowest BCUT2D eigenvalue weighted by Crippen LogP contribution is -2.16. The molecule has 0 saturated heterocycles. The molecule has 49 heavy (non-hydrogen) atoms. The third kappa shape index (κ3) is 7.49. The number of methoxy groups -OCH3 is 1. The monoisotopic (exact) mass is 662 g/mol. The number of phenolic OH excluding ortho intramolecular Hbond substituents is 3. The molecule has 0 aliphatic heterocycles. The number of aromatic hydroxyl groups is 3. The van der Waals surface area contributed by atoms with E-state index in [4.69, 9.17) is 4.74 Å². The zero-order valence-corrected chi connectivity index (χ0v) is 32.2. The Labute approximate surface area is 295 Å². The largest absolute Gasteiger partial charge is 0.507 e. The summed E-state index contributed by atoms with van der Waals surface area (Å²) in [4.78, 5) is 0. The van der Waals surface area contributed by atoms with Gasteiger partial charge in [-0.1, -0.05) is 132 Å². The summed E-state index contributed by atoms with van der Waals surface area (Å²) < 4.78 is 6.21. The van der Waals surface area contributed by atoms with Crippen LogP contribution in [-0.2, 0) is 47.3 Å². The number of phenols is 3. The number of ether oxygens (including phenoxy) is 1. The van der Waals surface area contributed by atoms with Crippen molar-refractivity contribution in [3.63, 3.8) is 0 Å². The zero-order chi connectivity index (χ0) is 36.4. The van der Waals surface area contributed by atoms with Crippen LogP contribution < -0.4 is 4.74 Å². The molecule has 0 amide bonds. The Kier molecular flexibility index (Phi) is 9.23. The molecule has 1 aliphatic rings. The van der Waals surface area contributed by atoms with E-state index in [1.807, 2.05) is 0 Å². The van der Waals surface area contributed by atoms with E-state index in [-0.39, 0.29) is 38.9 Å². The van der Waals surface area contributed by atoms with Gasteiger partial charge in [-0.25, -0.2) is 0 Å². The van der Waals surface area contributed by atoms with Gasteiger partial charge in [0.15, 0.2) is 0 Å². The van der Waals surface area contributed by atoms with Gasteiger partial charge in [-0.05, 0) is 88.4 Å². The Morgan fingerprint density at radius 3 is 0.735 bits per heavy atom. The molecule has 0 aromatic heterocycles. The highest BCUT2D eigenvalue weighted by Gasteiger charge is 2.27. The summed E-state index contributed by atoms with van der Waals surface area (Å²) in [5.41, 5.74) is 10.7. The van der Waals surface area contributed by atoms with Crippen LogP contribution in [0.5, 0.6) is 23.0 Å². The van der Waals surface area contributed by atoms with Gasteiger partial charge in [-0.3, -0.25) is 0 Å². The quantitative estimate of drug-likeness (QED) is 0.167. The van der Waals surface area contributed by atoms with E-state index >= 15 is 0 Å². The van der Waals surface area contributed by atoms with Gasteiger partial charge in [-0.2, -0.15) is 0 Å². The fourth-order valence-corrected chi connectivity index (χ4v) is 6.92. The molecule has 0 saturated carbocycles. The molecule has 8 bridgehead atoms. The van der Waals surface area contributed by atoms with E-state index in [2.05, 4.69) is 132 Å². The molecule has 4 aromatic rings. The van der Waals surface area contributed by atoms with E-state index in [1.54, 1.807) is 7.11 Å². The standard InChI is InChI=1S/C45H58O4/c1-42(2,3)34-18-26-14-28-20-35(43(4,5)6)22-30(39(28)47)16-32-24-37(45(10,11)12)25-33(41(32)49-13)17-31-23-36(44(7,8)9)21-29(40(31)48)15-27(19-34)38(26)46/h18-25,46-48H,14-17H2,1-13H3. The lowest BCUT2D eigenvalue weighted by atomic mass is 9.79. The van der Waals surface area contributed by atoms with Crippen LogP contribution in [0.4, 0.5) is 0 Å². The predicted octanol–water partition coefficient (Wildman–Crippen LogP) is 10.7. The van der Waals surface area contributed by atoms with Crippen molar-refractivity contribution in [1.29, 1.82) is 0 Å². The normalized spacial score (nSPS) is 14.1. The Morgan fingerprint density at radius 2 is 0.551 bits per heavy atom. The predicted molar refractivity (Wildman–Crippen MR) is 203 cm³/mol.